The summed E-state index contributed by atoms with van der Waals surface area (Å²) >= 11 is 0. The van der Waals surface area contributed by atoms with Crippen LogP contribution in [0.1, 0.15) is 43.4 Å². The summed E-state index contributed by atoms with van der Waals surface area (Å²) in [4.78, 5) is 0. The van der Waals surface area contributed by atoms with Crippen molar-refractivity contribution in [1.29, 1.82) is 0 Å². The Morgan fingerprint density at radius 3 is 2.42 bits per heavy atom. The van der Waals surface area contributed by atoms with Gasteiger partial charge in [0, 0.05) is 6.42 Å². The van der Waals surface area contributed by atoms with Crippen molar-refractivity contribution in [1.82, 2.24) is 0 Å². The summed E-state index contributed by atoms with van der Waals surface area (Å²) in [5.41, 5.74) is 7.23. The standard InChI is InChI=1S/C16H21NO2/c1-3-11-18-14-7-5-12(6-8-14)16(17)15-10-9-13(4-2)19-15/h5-10,16H,3-4,11,17H2,1-2H3. The van der Waals surface area contributed by atoms with Crippen molar-refractivity contribution in [3.8, 4) is 5.75 Å². The van der Waals surface area contributed by atoms with Gasteiger partial charge in [0.05, 0.1) is 12.6 Å². The minimum Gasteiger partial charge on any atom is -0.494 e. The Bertz CT molecular complexity index is 502. The summed E-state index contributed by atoms with van der Waals surface area (Å²) < 4.78 is 11.2. The van der Waals surface area contributed by atoms with Gasteiger partial charge in [-0.1, -0.05) is 26.0 Å². The van der Waals surface area contributed by atoms with E-state index in [4.69, 9.17) is 14.9 Å². The maximum absolute atomic E-state index is 6.20. The first-order valence-corrected chi connectivity index (χ1v) is 6.81. The minimum atomic E-state index is -0.222. The van der Waals surface area contributed by atoms with Crippen LogP contribution in [0.3, 0.4) is 0 Å². The summed E-state index contributed by atoms with van der Waals surface area (Å²) in [7, 11) is 0. The van der Waals surface area contributed by atoms with Gasteiger partial charge in [-0.3, -0.25) is 0 Å². The summed E-state index contributed by atoms with van der Waals surface area (Å²) in [5, 5.41) is 0. The molecule has 1 aromatic heterocycles. The van der Waals surface area contributed by atoms with Crippen molar-refractivity contribution in [2.75, 3.05) is 6.61 Å². The Hall–Kier alpha value is -1.74. The molecule has 19 heavy (non-hydrogen) atoms. The van der Waals surface area contributed by atoms with E-state index in [1.165, 1.54) is 0 Å². The van der Waals surface area contributed by atoms with Gasteiger partial charge in [-0.2, -0.15) is 0 Å². The molecule has 0 bridgehead atoms. The summed E-state index contributed by atoms with van der Waals surface area (Å²) in [6, 6.07) is 11.6. The second kappa shape index (κ2) is 6.43. The van der Waals surface area contributed by atoms with E-state index in [2.05, 4.69) is 13.8 Å². The largest absolute Gasteiger partial charge is 0.494 e. The molecule has 0 fully saturated rings. The molecule has 2 aromatic rings. The first-order valence-electron chi connectivity index (χ1n) is 6.81. The molecule has 3 nitrogen and oxygen atoms in total. The van der Waals surface area contributed by atoms with Gasteiger partial charge in [0.1, 0.15) is 17.3 Å². The molecule has 2 N–H and O–H groups in total. The van der Waals surface area contributed by atoms with E-state index in [-0.39, 0.29) is 6.04 Å². The fourth-order valence-corrected chi connectivity index (χ4v) is 1.91. The Labute approximate surface area is 114 Å². The fraction of sp³-hybridized carbons (Fsp3) is 0.375. The SMILES string of the molecule is CCCOc1ccc(C(N)c2ccc(CC)o2)cc1. The van der Waals surface area contributed by atoms with Crippen LogP contribution in [0.4, 0.5) is 0 Å². The molecule has 0 saturated carbocycles. The molecule has 0 aliphatic rings. The van der Waals surface area contributed by atoms with E-state index in [0.717, 1.165) is 42.3 Å². The first-order chi connectivity index (χ1) is 9.24. The van der Waals surface area contributed by atoms with Crippen LogP contribution in [0.5, 0.6) is 5.75 Å². The van der Waals surface area contributed by atoms with Crippen molar-refractivity contribution in [2.24, 2.45) is 5.73 Å². The molecule has 102 valence electrons. The zero-order valence-corrected chi connectivity index (χ0v) is 11.6. The number of hydrogen-bond donors (Lipinski definition) is 1. The molecule has 1 atom stereocenters. The Kier molecular flexibility index (Phi) is 4.63. The monoisotopic (exact) mass is 259 g/mol. The average Bonchev–Trinajstić information content (AvgIpc) is 2.94. The predicted molar refractivity (Wildman–Crippen MR) is 76.3 cm³/mol. The zero-order valence-electron chi connectivity index (χ0n) is 11.6. The predicted octanol–water partition coefficient (Wildman–Crippen LogP) is 3.68. The number of benzene rings is 1. The molecule has 0 aliphatic carbocycles. The van der Waals surface area contributed by atoms with Crippen LogP contribution in [0.15, 0.2) is 40.8 Å². The van der Waals surface area contributed by atoms with E-state index in [1.54, 1.807) is 0 Å². The maximum atomic E-state index is 6.20. The van der Waals surface area contributed by atoms with Gasteiger partial charge in [0.2, 0.25) is 0 Å². The van der Waals surface area contributed by atoms with Gasteiger partial charge in [0.15, 0.2) is 0 Å². The maximum Gasteiger partial charge on any atom is 0.125 e. The molecule has 3 heteroatoms. The third-order valence-corrected chi connectivity index (χ3v) is 3.05. The molecule has 0 spiro atoms. The van der Waals surface area contributed by atoms with E-state index in [0.29, 0.717) is 0 Å². The van der Waals surface area contributed by atoms with Gasteiger partial charge < -0.3 is 14.9 Å². The minimum absolute atomic E-state index is 0.222. The molecule has 1 aromatic carbocycles. The molecule has 0 aliphatic heterocycles. The number of hydrogen-bond acceptors (Lipinski definition) is 3. The highest BCUT2D eigenvalue weighted by Gasteiger charge is 2.13. The lowest BCUT2D eigenvalue weighted by Gasteiger charge is -2.10. The van der Waals surface area contributed by atoms with Crippen molar-refractivity contribution in [3.05, 3.63) is 53.5 Å². The smallest absolute Gasteiger partial charge is 0.125 e. The molecule has 0 amide bonds. The van der Waals surface area contributed by atoms with Crippen LogP contribution in [0, 0.1) is 0 Å². The number of furan rings is 1. The van der Waals surface area contributed by atoms with E-state index >= 15 is 0 Å². The van der Waals surface area contributed by atoms with E-state index < -0.39 is 0 Å². The van der Waals surface area contributed by atoms with Crippen molar-refractivity contribution < 1.29 is 9.15 Å². The summed E-state index contributed by atoms with van der Waals surface area (Å²) in [6.07, 6.45) is 1.89. The van der Waals surface area contributed by atoms with Crippen molar-refractivity contribution in [3.63, 3.8) is 0 Å². The quantitative estimate of drug-likeness (QED) is 0.860. The Balaban J connectivity index is 2.08. The topological polar surface area (TPSA) is 48.4 Å². The highest BCUT2D eigenvalue weighted by molar-refractivity contribution is 5.32. The Morgan fingerprint density at radius 1 is 1.11 bits per heavy atom. The molecule has 0 radical (unpaired) electrons. The summed E-state index contributed by atoms with van der Waals surface area (Å²) in [5.74, 6) is 2.65. The molecule has 1 unspecified atom stereocenters. The lowest BCUT2D eigenvalue weighted by Crippen LogP contribution is -2.10. The van der Waals surface area contributed by atoms with Gasteiger partial charge in [-0.15, -0.1) is 0 Å². The molecular weight excluding hydrogens is 238 g/mol. The second-order valence-electron chi connectivity index (χ2n) is 4.55. The average molecular weight is 259 g/mol. The van der Waals surface area contributed by atoms with Gasteiger partial charge in [-0.05, 0) is 36.2 Å². The van der Waals surface area contributed by atoms with Crippen LogP contribution in [-0.2, 0) is 6.42 Å². The summed E-state index contributed by atoms with van der Waals surface area (Å²) in [6.45, 7) is 4.89. The second-order valence-corrected chi connectivity index (χ2v) is 4.55. The third-order valence-electron chi connectivity index (χ3n) is 3.05. The molecular formula is C16H21NO2. The van der Waals surface area contributed by atoms with E-state index in [9.17, 15) is 0 Å². The molecule has 1 heterocycles. The van der Waals surface area contributed by atoms with E-state index in [1.807, 2.05) is 36.4 Å². The van der Waals surface area contributed by atoms with Gasteiger partial charge in [0.25, 0.3) is 0 Å². The normalized spacial score (nSPS) is 12.4. The highest BCUT2D eigenvalue weighted by atomic mass is 16.5. The van der Waals surface area contributed by atoms with Crippen LogP contribution in [-0.4, -0.2) is 6.61 Å². The first kappa shape index (κ1) is 13.7. The van der Waals surface area contributed by atoms with Crippen LogP contribution in [0.25, 0.3) is 0 Å². The van der Waals surface area contributed by atoms with Crippen LogP contribution < -0.4 is 10.5 Å². The third kappa shape index (κ3) is 3.38. The van der Waals surface area contributed by atoms with Crippen LogP contribution >= 0.6 is 0 Å². The molecule has 0 saturated heterocycles. The highest BCUT2D eigenvalue weighted by Crippen LogP contribution is 2.24. The number of nitrogens with two attached hydrogens (primary N) is 1. The lowest BCUT2D eigenvalue weighted by molar-refractivity contribution is 0.317. The number of ether oxygens (including phenoxy) is 1. The van der Waals surface area contributed by atoms with Crippen molar-refractivity contribution in [2.45, 2.75) is 32.7 Å². The Morgan fingerprint density at radius 2 is 1.84 bits per heavy atom. The van der Waals surface area contributed by atoms with Gasteiger partial charge >= 0.3 is 0 Å². The van der Waals surface area contributed by atoms with Crippen molar-refractivity contribution >= 4 is 0 Å². The number of aryl methyl sites for hydroxylation is 1. The van der Waals surface area contributed by atoms with Gasteiger partial charge in [-0.25, -0.2) is 0 Å². The number of rotatable bonds is 6. The molecule has 2 rings (SSSR count). The lowest BCUT2D eigenvalue weighted by atomic mass is 10.1. The zero-order chi connectivity index (χ0) is 13.7. The fourth-order valence-electron chi connectivity index (χ4n) is 1.91. The van der Waals surface area contributed by atoms with Crippen LogP contribution in [0.2, 0.25) is 0 Å².